The SMILES string of the molecule is CC1(CCC#N)CC2CC(C)(CCC#N)CC(CCC#N)(C2)C1. The van der Waals surface area contributed by atoms with Crippen LogP contribution < -0.4 is 0 Å². The van der Waals surface area contributed by atoms with Crippen LogP contribution >= 0.6 is 0 Å². The maximum absolute atomic E-state index is 9.10. The molecule has 2 fully saturated rings. The van der Waals surface area contributed by atoms with Gasteiger partial charge in [-0.1, -0.05) is 13.8 Å². The van der Waals surface area contributed by atoms with Gasteiger partial charge in [-0.05, 0) is 73.5 Å². The van der Waals surface area contributed by atoms with E-state index in [1.165, 1.54) is 19.3 Å². The van der Waals surface area contributed by atoms with Crippen LogP contribution in [0.4, 0.5) is 0 Å². The van der Waals surface area contributed by atoms with Crippen molar-refractivity contribution in [2.45, 2.75) is 84.5 Å². The summed E-state index contributed by atoms with van der Waals surface area (Å²) < 4.78 is 0. The fraction of sp³-hybridized carbons (Fsp3) is 0.850. The molecule has 124 valence electrons. The first-order valence-corrected chi connectivity index (χ1v) is 8.99. The lowest BCUT2D eigenvalue weighted by Crippen LogP contribution is -2.47. The summed E-state index contributed by atoms with van der Waals surface area (Å²) in [4.78, 5) is 0. The maximum Gasteiger partial charge on any atom is 0.0621 e. The van der Waals surface area contributed by atoms with Crippen LogP contribution in [0.3, 0.4) is 0 Å². The van der Waals surface area contributed by atoms with E-state index in [4.69, 9.17) is 15.8 Å². The van der Waals surface area contributed by atoms with Crippen LogP contribution in [0.15, 0.2) is 0 Å². The van der Waals surface area contributed by atoms with Gasteiger partial charge in [0.05, 0.1) is 18.2 Å². The Bertz CT molecular complexity index is 508. The summed E-state index contributed by atoms with van der Waals surface area (Å²) in [5.74, 6) is 0.698. The molecule has 0 spiro atoms. The first-order chi connectivity index (χ1) is 10.9. The molecule has 0 aromatic rings. The molecule has 0 amide bonds. The van der Waals surface area contributed by atoms with Crippen molar-refractivity contribution in [2.75, 3.05) is 0 Å². The molecule has 2 unspecified atom stereocenters. The Kier molecular flexibility index (Phi) is 5.37. The summed E-state index contributed by atoms with van der Waals surface area (Å²) in [6.07, 6.45) is 10.9. The van der Waals surface area contributed by atoms with Crippen molar-refractivity contribution < 1.29 is 0 Å². The molecule has 0 N–H and O–H groups in total. The Morgan fingerprint density at radius 3 is 1.61 bits per heavy atom. The van der Waals surface area contributed by atoms with Crippen LogP contribution in [0, 0.1) is 56.2 Å². The van der Waals surface area contributed by atoms with Crippen LogP contribution in [0.2, 0.25) is 0 Å². The third-order valence-electron chi connectivity index (χ3n) is 6.34. The summed E-state index contributed by atoms with van der Waals surface area (Å²) in [6.45, 7) is 4.71. The lowest BCUT2D eigenvalue weighted by atomic mass is 9.47. The minimum absolute atomic E-state index is 0.255. The van der Waals surface area contributed by atoms with Gasteiger partial charge in [-0.2, -0.15) is 15.8 Å². The van der Waals surface area contributed by atoms with Crippen LogP contribution in [-0.2, 0) is 0 Å². The van der Waals surface area contributed by atoms with E-state index in [0.717, 1.165) is 32.1 Å². The van der Waals surface area contributed by atoms with Gasteiger partial charge in [0, 0.05) is 19.3 Å². The van der Waals surface area contributed by atoms with E-state index < -0.39 is 0 Å². The minimum atomic E-state index is 0.255. The molecule has 2 saturated carbocycles. The van der Waals surface area contributed by atoms with E-state index in [9.17, 15) is 0 Å². The zero-order chi connectivity index (χ0) is 17.0. The highest BCUT2D eigenvalue weighted by Crippen LogP contribution is 2.63. The fourth-order valence-corrected chi connectivity index (χ4v) is 6.08. The zero-order valence-electron chi connectivity index (χ0n) is 14.7. The predicted octanol–water partition coefficient (Wildman–Crippen LogP) is 5.49. The second-order valence-electron chi connectivity index (χ2n) is 8.93. The second-order valence-corrected chi connectivity index (χ2v) is 8.93. The minimum Gasteiger partial charge on any atom is -0.198 e. The number of hydrogen-bond acceptors (Lipinski definition) is 3. The first kappa shape index (κ1) is 17.8. The number of fused-ring (bicyclic) bond motifs is 2. The highest BCUT2D eigenvalue weighted by Gasteiger charge is 2.52. The van der Waals surface area contributed by atoms with E-state index in [1.54, 1.807) is 0 Å². The normalized spacial score (nSPS) is 39.0. The molecule has 23 heavy (non-hydrogen) atoms. The van der Waals surface area contributed by atoms with E-state index in [2.05, 4.69) is 32.1 Å². The average molecular weight is 311 g/mol. The number of nitrogens with zero attached hydrogens (tertiary/aromatic N) is 3. The Morgan fingerprint density at radius 2 is 1.17 bits per heavy atom. The molecule has 0 aliphatic heterocycles. The van der Waals surface area contributed by atoms with Gasteiger partial charge in [0.2, 0.25) is 0 Å². The fourth-order valence-electron chi connectivity index (χ4n) is 6.08. The van der Waals surface area contributed by atoms with Crippen molar-refractivity contribution in [3.8, 4) is 18.2 Å². The van der Waals surface area contributed by atoms with Gasteiger partial charge in [0.15, 0.2) is 0 Å². The van der Waals surface area contributed by atoms with Crippen LogP contribution in [0.1, 0.15) is 84.5 Å². The van der Waals surface area contributed by atoms with E-state index in [1.807, 2.05) is 0 Å². The van der Waals surface area contributed by atoms with Crippen molar-refractivity contribution in [3.05, 3.63) is 0 Å². The quantitative estimate of drug-likeness (QED) is 0.651. The Hall–Kier alpha value is -1.53. The number of rotatable bonds is 6. The van der Waals surface area contributed by atoms with Gasteiger partial charge >= 0.3 is 0 Å². The highest BCUT2D eigenvalue weighted by molar-refractivity contribution is 5.05. The van der Waals surface area contributed by atoms with Crippen molar-refractivity contribution in [1.82, 2.24) is 0 Å². The summed E-state index contributed by atoms with van der Waals surface area (Å²) in [7, 11) is 0. The van der Waals surface area contributed by atoms with Gasteiger partial charge in [-0.3, -0.25) is 0 Å². The maximum atomic E-state index is 9.10. The van der Waals surface area contributed by atoms with Crippen LogP contribution in [0.5, 0.6) is 0 Å². The van der Waals surface area contributed by atoms with Gasteiger partial charge in [0.25, 0.3) is 0 Å². The van der Waals surface area contributed by atoms with E-state index >= 15 is 0 Å². The Morgan fingerprint density at radius 1 is 0.739 bits per heavy atom. The number of nitriles is 3. The lowest BCUT2D eigenvalue weighted by Gasteiger charge is -2.58. The Labute approximate surface area is 141 Å². The van der Waals surface area contributed by atoms with E-state index in [-0.39, 0.29) is 16.2 Å². The Balaban J connectivity index is 2.21. The summed E-state index contributed by atoms with van der Waals surface area (Å²) >= 11 is 0. The van der Waals surface area contributed by atoms with Gasteiger partial charge < -0.3 is 0 Å². The molecule has 0 radical (unpaired) electrons. The van der Waals surface area contributed by atoms with Crippen molar-refractivity contribution in [3.63, 3.8) is 0 Å². The topological polar surface area (TPSA) is 71.4 Å². The summed E-state index contributed by atoms with van der Waals surface area (Å²) in [5, 5.41) is 27.1. The van der Waals surface area contributed by atoms with Crippen molar-refractivity contribution in [2.24, 2.45) is 22.2 Å². The monoisotopic (exact) mass is 311 g/mol. The second kappa shape index (κ2) is 6.93. The smallest absolute Gasteiger partial charge is 0.0621 e. The molecule has 2 atom stereocenters. The summed E-state index contributed by atoms with van der Waals surface area (Å²) in [5.41, 5.74) is 0.765. The molecule has 0 aromatic carbocycles. The lowest BCUT2D eigenvalue weighted by molar-refractivity contribution is -0.0726. The predicted molar refractivity (Wildman–Crippen MR) is 89.8 cm³/mol. The third-order valence-corrected chi connectivity index (χ3v) is 6.34. The molecule has 2 bridgehead atoms. The first-order valence-electron chi connectivity index (χ1n) is 8.99. The molecule has 0 heterocycles. The van der Waals surface area contributed by atoms with Gasteiger partial charge in [-0.15, -0.1) is 0 Å². The standard InChI is InChI=1S/C20H29N3/c1-18(6-3-9-21)12-17-13-19(2,7-4-10-22)16-20(14-17,15-18)8-5-11-23/h17H,3-8,12-16H2,1-2H3. The van der Waals surface area contributed by atoms with Crippen LogP contribution in [-0.4, -0.2) is 0 Å². The average Bonchev–Trinajstić information content (AvgIpc) is 2.48. The number of hydrogen-bond donors (Lipinski definition) is 0. The van der Waals surface area contributed by atoms with Crippen LogP contribution in [0.25, 0.3) is 0 Å². The van der Waals surface area contributed by atoms with Gasteiger partial charge in [-0.25, -0.2) is 0 Å². The van der Waals surface area contributed by atoms with E-state index in [0.29, 0.717) is 25.2 Å². The molecule has 3 heteroatoms. The van der Waals surface area contributed by atoms with Gasteiger partial charge in [0.1, 0.15) is 0 Å². The molecule has 0 aromatic heterocycles. The third kappa shape index (κ3) is 4.26. The molecule has 2 aliphatic carbocycles. The molecular weight excluding hydrogens is 282 g/mol. The largest absolute Gasteiger partial charge is 0.198 e. The molecule has 2 rings (SSSR count). The molecule has 3 nitrogen and oxygen atoms in total. The van der Waals surface area contributed by atoms with Crippen molar-refractivity contribution in [1.29, 1.82) is 15.8 Å². The zero-order valence-corrected chi connectivity index (χ0v) is 14.7. The summed E-state index contributed by atoms with van der Waals surface area (Å²) in [6, 6.07) is 6.98. The molecule has 2 aliphatic rings. The molecule has 0 saturated heterocycles. The van der Waals surface area contributed by atoms with Crippen molar-refractivity contribution >= 4 is 0 Å². The highest BCUT2D eigenvalue weighted by atomic mass is 14.6. The molecular formula is C20H29N3.